The number of methoxy groups -OCH3 is 1. The van der Waals surface area contributed by atoms with Crippen LogP contribution in [0, 0.1) is 10.1 Å². The molecule has 6 heteroatoms. The van der Waals surface area contributed by atoms with Gasteiger partial charge in [0.15, 0.2) is 5.78 Å². The molecule has 0 aliphatic carbocycles. The summed E-state index contributed by atoms with van der Waals surface area (Å²) in [6.45, 7) is 0. The Morgan fingerprint density at radius 3 is 2.35 bits per heavy atom. The van der Waals surface area contributed by atoms with E-state index in [1.807, 2.05) is 0 Å². The molecule has 6 nitrogen and oxygen atoms in total. The summed E-state index contributed by atoms with van der Waals surface area (Å²) >= 11 is 0. The number of hydrogen-bond donors (Lipinski definition) is 0. The van der Waals surface area contributed by atoms with E-state index in [0.717, 1.165) is 5.56 Å². The lowest BCUT2D eigenvalue weighted by molar-refractivity contribution is -0.384. The fraction of sp³-hybridized carbons (Fsp3) is 0.0500. The smallest absolute Gasteiger partial charge is 0.269 e. The summed E-state index contributed by atoms with van der Waals surface area (Å²) in [5.41, 5.74) is 1.28. The lowest BCUT2D eigenvalue weighted by Gasteiger charge is -1.99. The molecule has 0 aliphatic heterocycles. The van der Waals surface area contributed by atoms with Crippen LogP contribution in [0.2, 0.25) is 0 Å². The highest BCUT2D eigenvalue weighted by Crippen LogP contribution is 2.25. The molecule has 0 N–H and O–H groups in total. The van der Waals surface area contributed by atoms with Crippen molar-refractivity contribution < 1.29 is 18.9 Å². The SMILES string of the molecule is COc1ccc(C(=O)C=Cc2ccc(-c3ccc([N+](=O)[O-])cc3)o2)cc1. The number of ether oxygens (including phenoxy) is 1. The summed E-state index contributed by atoms with van der Waals surface area (Å²) in [7, 11) is 1.57. The van der Waals surface area contributed by atoms with Gasteiger partial charge in [0.05, 0.1) is 12.0 Å². The largest absolute Gasteiger partial charge is 0.497 e. The molecule has 130 valence electrons. The maximum atomic E-state index is 12.2. The van der Waals surface area contributed by atoms with Gasteiger partial charge in [-0.1, -0.05) is 0 Å². The Hall–Kier alpha value is -3.67. The number of non-ortho nitro benzene ring substituents is 1. The van der Waals surface area contributed by atoms with E-state index in [2.05, 4.69) is 0 Å². The first kappa shape index (κ1) is 17.2. The van der Waals surface area contributed by atoms with Crippen LogP contribution in [0.3, 0.4) is 0 Å². The number of nitrogens with zero attached hydrogens (tertiary/aromatic N) is 1. The third-order valence-electron chi connectivity index (χ3n) is 3.76. The predicted octanol–water partition coefficient (Wildman–Crippen LogP) is 4.76. The first-order valence-corrected chi connectivity index (χ1v) is 7.78. The van der Waals surface area contributed by atoms with Gasteiger partial charge in [-0.2, -0.15) is 0 Å². The third-order valence-corrected chi connectivity index (χ3v) is 3.76. The highest BCUT2D eigenvalue weighted by molar-refractivity contribution is 6.06. The van der Waals surface area contributed by atoms with Gasteiger partial charge in [-0.25, -0.2) is 0 Å². The molecule has 0 bridgehead atoms. The second-order valence-corrected chi connectivity index (χ2v) is 5.43. The molecule has 0 atom stereocenters. The van der Waals surface area contributed by atoms with E-state index in [1.54, 1.807) is 61.7 Å². The van der Waals surface area contributed by atoms with Crippen LogP contribution in [0.15, 0.2) is 71.2 Å². The van der Waals surface area contributed by atoms with Crippen LogP contribution in [0.1, 0.15) is 16.1 Å². The molecule has 0 spiro atoms. The van der Waals surface area contributed by atoms with Gasteiger partial charge in [0, 0.05) is 23.3 Å². The zero-order valence-electron chi connectivity index (χ0n) is 13.9. The lowest BCUT2D eigenvalue weighted by atomic mass is 10.1. The Balaban J connectivity index is 1.71. The Bertz CT molecular complexity index is 953. The van der Waals surface area contributed by atoms with E-state index in [4.69, 9.17) is 9.15 Å². The van der Waals surface area contributed by atoms with Crippen molar-refractivity contribution >= 4 is 17.5 Å². The van der Waals surface area contributed by atoms with Crippen molar-refractivity contribution in [3.05, 3.63) is 88.2 Å². The number of allylic oxidation sites excluding steroid dienone is 1. The van der Waals surface area contributed by atoms with Crippen LogP contribution in [-0.4, -0.2) is 17.8 Å². The summed E-state index contributed by atoms with van der Waals surface area (Å²) in [6.07, 6.45) is 3.02. The van der Waals surface area contributed by atoms with Crippen molar-refractivity contribution in [1.29, 1.82) is 0 Å². The van der Waals surface area contributed by atoms with E-state index in [-0.39, 0.29) is 11.5 Å². The first-order chi connectivity index (χ1) is 12.6. The molecule has 1 heterocycles. The zero-order chi connectivity index (χ0) is 18.5. The fourth-order valence-electron chi connectivity index (χ4n) is 2.35. The van der Waals surface area contributed by atoms with E-state index < -0.39 is 4.92 Å². The van der Waals surface area contributed by atoms with Gasteiger partial charge >= 0.3 is 0 Å². The normalized spacial score (nSPS) is 10.8. The number of benzene rings is 2. The minimum absolute atomic E-state index is 0.0190. The average molecular weight is 349 g/mol. The van der Waals surface area contributed by atoms with Gasteiger partial charge in [0.25, 0.3) is 5.69 Å². The summed E-state index contributed by atoms with van der Waals surface area (Å²) in [5.74, 6) is 1.61. The number of hydrogen-bond acceptors (Lipinski definition) is 5. The molecule has 2 aromatic carbocycles. The highest BCUT2D eigenvalue weighted by Gasteiger charge is 2.08. The molecule has 0 fully saturated rings. The number of nitro benzene ring substituents is 1. The summed E-state index contributed by atoms with van der Waals surface area (Å²) in [4.78, 5) is 22.4. The van der Waals surface area contributed by atoms with Gasteiger partial charge in [0.1, 0.15) is 17.3 Å². The predicted molar refractivity (Wildman–Crippen MR) is 97.2 cm³/mol. The van der Waals surface area contributed by atoms with Crippen molar-refractivity contribution in [3.63, 3.8) is 0 Å². The first-order valence-electron chi connectivity index (χ1n) is 7.78. The summed E-state index contributed by atoms with van der Waals surface area (Å²) in [5, 5.41) is 10.7. The Kier molecular flexibility index (Phi) is 4.94. The van der Waals surface area contributed by atoms with Crippen LogP contribution >= 0.6 is 0 Å². The second-order valence-electron chi connectivity index (χ2n) is 5.43. The van der Waals surface area contributed by atoms with Crippen LogP contribution in [0.25, 0.3) is 17.4 Å². The molecule has 0 saturated carbocycles. The third kappa shape index (κ3) is 3.87. The minimum atomic E-state index is -0.454. The quantitative estimate of drug-likeness (QED) is 0.277. The molecule has 26 heavy (non-hydrogen) atoms. The molecule has 3 aromatic rings. The van der Waals surface area contributed by atoms with Crippen molar-refractivity contribution in [2.24, 2.45) is 0 Å². The summed E-state index contributed by atoms with van der Waals surface area (Å²) < 4.78 is 10.7. The number of furan rings is 1. The van der Waals surface area contributed by atoms with E-state index in [0.29, 0.717) is 22.8 Å². The molecule has 3 rings (SSSR count). The molecule has 1 aromatic heterocycles. The van der Waals surface area contributed by atoms with Crippen LogP contribution in [0.5, 0.6) is 5.75 Å². The van der Waals surface area contributed by atoms with Gasteiger partial charge in [0.2, 0.25) is 0 Å². The number of carbonyl (C=O) groups excluding carboxylic acids is 1. The van der Waals surface area contributed by atoms with E-state index >= 15 is 0 Å². The number of rotatable bonds is 6. The standard InChI is InChI=1S/C20H15NO5/c1-25-17-8-4-14(5-9-17)19(22)12-10-18-11-13-20(26-18)15-2-6-16(7-3-15)21(23)24/h2-13H,1H3. The number of carbonyl (C=O) groups is 1. The molecule has 0 radical (unpaired) electrons. The van der Waals surface area contributed by atoms with Crippen LogP contribution in [-0.2, 0) is 0 Å². The van der Waals surface area contributed by atoms with Gasteiger partial charge < -0.3 is 9.15 Å². The van der Waals surface area contributed by atoms with Crippen molar-refractivity contribution in [1.82, 2.24) is 0 Å². The van der Waals surface area contributed by atoms with Crippen LogP contribution in [0.4, 0.5) is 5.69 Å². The Morgan fingerprint density at radius 2 is 1.73 bits per heavy atom. The molecule has 0 unspecified atom stereocenters. The van der Waals surface area contributed by atoms with E-state index in [1.165, 1.54) is 18.2 Å². The summed E-state index contributed by atoms with van der Waals surface area (Å²) in [6, 6.07) is 16.4. The number of ketones is 1. The van der Waals surface area contributed by atoms with Gasteiger partial charge in [-0.05, 0) is 60.7 Å². The van der Waals surface area contributed by atoms with E-state index in [9.17, 15) is 14.9 Å². The maximum absolute atomic E-state index is 12.2. The number of nitro groups is 1. The van der Waals surface area contributed by atoms with Crippen molar-refractivity contribution in [2.45, 2.75) is 0 Å². The zero-order valence-corrected chi connectivity index (χ0v) is 13.9. The minimum Gasteiger partial charge on any atom is -0.497 e. The molecule has 0 aliphatic rings. The Morgan fingerprint density at radius 1 is 1.04 bits per heavy atom. The molecule has 0 saturated heterocycles. The highest BCUT2D eigenvalue weighted by atomic mass is 16.6. The van der Waals surface area contributed by atoms with Crippen molar-refractivity contribution in [2.75, 3.05) is 7.11 Å². The van der Waals surface area contributed by atoms with Crippen molar-refractivity contribution in [3.8, 4) is 17.1 Å². The average Bonchev–Trinajstić information content (AvgIpc) is 3.15. The Labute approximate surface area is 149 Å². The molecule has 0 amide bonds. The van der Waals surface area contributed by atoms with Gasteiger partial charge in [-0.3, -0.25) is 14.9 Å². The monoisotopic (exact) mass is 349 g/mol. The van der Waals surface area contributed by atoms with Gasteiger partial charge in [-0.15, -0.1) is 0 Å². The topological polar surface area (TPSA) is 82.6 Å². The molecular weight excluding hydrogens is 334 g/mol. The second kappa shape index (κ2) is 7.48. The fourth-order valence-corrected chi connectivity index (χ4v) is 2.35. The molecular formula is C20H15NO5. The van der Waals surface area contributed by atoms with Crippen LogP contribution < -0.4 is 4.74 Å². The maximum Gasteiger partial charge on any atom is 0.269 e. The lowest BCUT2D eigenvalue weighted by Crippen LogP contribution is -1.93.